The number of anilines is 1. The van der Waals surface area contributed by atoms with Crippen molar-refractivity contribution in [2.75, 3.05) is 11.9 Å². The van der Waals surface area contributed by atoms with Crippen LogP contribution in [0.3, 0.4) is 0 Å². The van der Waals surface area contributed by atoms with Crippen LogP contribution in [-0.2, 0) is 6.54 Å². The van der Waals surface area contributed by atoms with E-state index < -0.39 is 5.91 Å². The van der Waals surface area contributed by atoms with Crippen LogP contribution in [0.5, 0.6) is 5.75 Å². The topological polar surface area (TPSA) is 64.3 Å². The molecule has 0 aliphatic heterocycles. The monoisotopic (exact) mass is 270 g/mol. The van der Waals surface area contributed by atoms with Crippen molar-refractivity contribution in [3.63, 3.8) is 0 Å². The van der Waals surface area contributed by atoms with Crippen molar-refractivity contribution in [1.82, 2.24) is 0 Å². The minimum absolute atomic E-state index is 0.418. The Balaban J connectivity index is 2.03. The Morgan fingerprint density at radius 3 is 2.50 bits per heavy atom. The Hall–Kier alpha value is -2.49. The van der Waals surface area contributed by atoms with Crippen molar-refractivity contribution in [3.05, 3.63) is 59.7 Å². The molecule has 104 valence electrons. The number of carbonyl (C=O) groups excluding carboxylic acids is 1. The fourth-order valence-electron chi connectivity index (χ4n) is 1.90. The summed E-state index contributed by atoms with van der Waals surface area (Å²) in [4.78, 5) is 11.0. The first kappa shape index (κ1) is 13.9. The van der Waals surface area contributed by atoms with Gasteiger partial charge in [-0.3, -0.25) is 4.79 Å². The summed E-state index contributed by atoms with van der Waals surface area (Å²) in [6.07, 6.45) is 0. The third kappa shape index (κ3) is 3.51. The van der Waals surface area contributed by atoms with Crippen LogP contribution in [0.15, 0.2) is 48.5 Å². The molecule has 0 spiro atoms. The van der Waals surface area contributed by atoms with E-state index in [0.29, 0.717) is 18.7 Å². The number of hydrogen-bond donors (Lipinski definition) is 2. The van der Waals surface area contributed by atoms with Gasteiger partial charge >= 0.3 is 0 Å². The van der Waals surface area contributed by atoms with E-state index in [-0.39, 0.29) is 0 Å². The predicted octanol–water partition coefficient (Wildman–Crippen LogP) is 2.80. The van der Waals surface area contributed by atoms with E-state index in [0.717, 1.165) is 17.0 Å². The van der Waals surface area contributed by atoms with Gasteiger partial charge in [0.2, 0.25) is 5.91 Å². The second-order valence-electron chi connectivity index (χ2n) is 4.34. The van der Waals surface area contributed by atoms with Crippen LogP contribution in [0.1, 0.15) is 22.8 Å². The van der Waals surface area contributed by atoms with Crippen LogP contribution in [0, 0.1) is 0 Å². The number of carbonyl (C=O) groups is 1. The van der Waals surface area contributed by atoms with Gasteiger partial charge in [-0.2, -0.15) is 0 Å². The second kappa shape index (κ2) is 6.61. The quantitative estimate of drug-likeness (QED) is 0.848. The Kier molecular flexibility index (Phi) is 4.60. The Morgan fingerprint density at radius 2 is 1.85 bits per heavy atom. The molecule has 4 nitrogen and oxygen atoms in total. The van der Waals surface area contributed by atoms with Gasteiger partial charge in [0.25, 0.3) is 0 Å². The molecule has 0 aliphatic rings. The van der Waals surface area contributed by atoms with E-state index in [4.69, 9.17) is 10.5 Å². The van der Waals surface area contributed by atoms with Crippen LogP contribution in [0.25, 0.3) is 0 Å². The summed E-state index contributed by atoms with van der Waals surface area (Å²) in [7, 11) is 0. The highest BCUT2D eigenvalue weighted by molar-refractivity contribution is 5.93. The molecule has 0 atom stereocenters. The summed E-state index contributed by atoms with van der Waals surface area (Å²) in [5, 5.41) is 3.29. The summed E-state index contributed by atoms with van der Waals surface area (Å²) >= 11 is 0. The number of amides is 1. The zero-order valence-corrected chi connectivity index (χ0v) is 11.4. The molecule has 0 saturated heterocycles. The summed E-state index contributed by atoms with van der Waals surface area (Å²) in [5.41, 5.74) is 7.73. The van der Waals surface area contributed by atoms with Crippen molar-refractivity contribution in [1.29, 1.82) is 0 Å². The average molecular weight is 270 g/mol. The molecule has 2 aromatic rings. The molecule has 0 heterocycles. The predicted molar refractivity (Wildman–Crippen MR) is 79.9 cm³/mol. The van der Waals surface area contributed by atoms with Gasteiger partial charge in [-0.1, -0.05) is 18.2 Å². The third-order valence-electron chi connectivity index (χ3n) is 2.92. The molecule has 4 heteroatoms. The molecule has 0 aliphatic carbocycles. The highest BCUT2D eigenvalue weighted by Gasteiger charge is 2.03. The van der Waals surface area contributed by atoms with E-state index in [1.807, 2.05) is 43.3 Å². The number of primary amides is 1. The molecule has 1 amide bonds. The molecule has 2 rings (SSSR count). The highest BCUT2D eigenvalue weighted by Crippen LogP contribution is 2.19. The lowest BCUT2D eigenvalue weighted by atomic mass is 10.1. The minimum Gasteiger partial charge on any atom is -0.494 e. The molecule has 0 unspecified atom stereocenters. The molecule has 0 aromatic heterocycles. The summed E-state index contributed by atoms with van der Waals surface area (Å²) in [5.74, 6) is 0.467. The van der Waals surface area contributed by atoms with Crippen molar-refractivity contribution in [2.24, 2.45) is 5.73 Å². The van der Waals surface area contributed by atoms with E-state index >= 15 is 0 Å². The largest absolute Gasteiger partial charge is 0.494 e. The number of nitrogens with one attached hydrogen (secondary N) is 1. The van der Waals surface area contributed by atoms with Gasteiger partial charge in [-0.05, 0) is 37.3 Å². The van der Waals surface area contributed by atoms with Gasteiger partial charge in [0, 0.05) is 23.4 Å². The average Bonchev–Trinajstić information content (AvgIpc) is 2.47. The Labute approximate surface area is 118 Å². The van der Waals surface area contributed by atoms with E-state index in [2.05, 4.69) is 5.32 Å². The first-order valence-corrected chi connectivity index (χ1v) is 6.55. The number of ether oxygens (including phenoxy) is 1. The number of benzene rings is 2. The zero-order valence-electron chi connectivity index (χ0n) is 11.4. The van der Waals surface area contributed by atoms with Crippen molar-refractivity contribution in [2.45, 2.75) is 13.5 Å². The van der Waals surface area contributed by atoms with E-state index in [9.17, 15) is 4.79 Å². The van der Waals surface area contributed by atoms with Crippen molar-refractivity contribution >= 4 is 11.6 Å². The minimum atomic E-state index is -0.418. The fourth-order valence-corrected chi connectivity index (χ4v) is 1.90. The molecular formula is C16H18N2O2. The third-order valence-corrected chi connectivity index (χ3v) is 2.92. The van der Waals surface area contributed by atoms with Gasteiger partial charge < -0.3 is 15.8 Å². The molecule has 3 N–H and O–H groups in total. The molecule has 2 aromatic carbocycles. The van der Waals surface area contributed by atoms with Gasteiger partial charge in [0.05, 0.1) is 6.61 Å². The van der Waals surface area contributed by atoms with Gasteiger partial charge in [0.1, 0.15) is 5.75 Å². The smallest absolute Gasteiger partial charge is 0.248 e. The molecule has 0 saturated carbocycles. The molecule has 20 heavy (non-hydrogen) atoms. The SMILES string of the molecule is CCOc1ccccc1CNc1ccc(C(N)=O)cc1. The van der Waals surface area contributed by atoms with E-state index in [1.54, 1.807) is 12.1 Å². The molecule has 0 fully saturated rings. The normalized spacial score (nSPS) is 10.1. The van der Waals surface area contributed by atoms with Crippen LogP contribution >= 0.6 is 0 Å². The lowest BCUT2D eigenvalue weighted by Gasteiger charge is -2.11. The van der Waals surface area contributed by atoms with Crippen molar-refractivity contribution in [3.8, 4) is 5.75 Å². The maximum atomic E-state index is 11.0. The summed E-state index contributed by atoms with van der Waals surface area (Å²) in [6.45, 7) is 3.27. The molecular weight excluding hydrogens is 252 g/mol. The first-order valence-electron chi connectivity index (χ1n) is 6.55. The van der Waals surface area contributed by atoms with Gasteiger partial charge in [0.15, 0.2) is 0 Å². The van der Waals surface area contributed by atoms with Crippen LogP contribution in [0.2, 0.25) is 0 Å². The standard InChI is InChI=1S/C16H18N2O2/c1-2-20-15-6-4-3-5-13(15)11-18-14-9-7-12(8-10-14)16(17)19/h3-10,18H,2,11H2,1H3,(H2,17,19). The number of rotatable bonds is 6. The first-order chi connectivity index (χ1) is 9.70. The van der Waals surface area contributed by atoms with Gasteiger partial charge in [-0.15, -0.1) is 0 Å². The number of hydrogen-bond acceptors (Lipinski definition) is 3. The van der Waals surface area contributed by atoms with Crippen molar-refractivity contribution < 1.29 is 9.53 Å². The van der Waals surface area contributed by atoms with Crippen LogP contribution in [0.4, 0.5) is 5.69 Å². The van der Waals surface area contributed by atoms with E-state index in [1.165, 1.54) is 0 Å². The lowest BCUT2D eigenvalue weighted by molar-refractivity contribution is 0.100. The summed E-state index contributed by atoms with van der Waals surface area (Å²) in [6, 6.07) is 15.0. The van der Waals surface area contributed by atoms with Crippen LogP contribution < -0.4 is 15.8 Å². The highest BCUT2D eigenvalue weighted by atomic mass is 16.5. The molecule has 0 bridgehead atoms. The number of nitrogens with two attached hydrogens (primary N) is 1. The Bertz CT molecular complexity index is 579. The maximum Gasteiger partial charge on any atom is 0.248 e. The second-order valence-corrected chi connectivity index (χ2v) is 4.34. The zero-order chi connectivity index (χ0) is 14.4. The maximum absolute atomic E-state index is 11.0. The van der Waals surface area contributed by atoms with Gasteiger partial charge in [-0.25, -0.2) is 0 Å². The fraction of sp³-hybridized carbons (Fsp3) is 0.188. The summed E-state index contributed by atoms with van der Waals surface area (Å²) < 4.78 is 5.57. The molecule has 0 radical (unpaired) electrons. The Morgan fingerprint density at radius 1 is 1.15 bits per heavy atom. The lowest BCUT2D eigenvalue weighted by Crippen LogP contribution is -2.10. The number of para-hydroxylation sites is 1. The van der Waals surface area contributed by atoms with Crippen LogP contribution in [-0.4, -0.2) is 12.5 Å².